The molecule has 44 heavy (non-hydrogen) atoms. The Bertz CT molecular complexity index is 1840. The van der Waals surface area contributed by atoms with Gasteiger partial charge in [0, 0.05) is 45.6 Å². The normalized spacial score (nSPS) is 24.4. The first-order valence-corrected chi connectivity index (χ1v) is 14.6. The van der Waals surface area contributed by atoms with Gasteiger partial charge in [0.25, 0.3) is 0 Å². The Morgan fingerprint density at radius 3 is 2.34 bits per heavy atom. The van der Waals surface area contributed by atoms with Crippen LogP contribution in [0.5, 0.6) is 11.5 Å². The molecule has 0 aromatic heterocycles. The molecule has 220 valence electrons. The molecule has 4 atom stereocenters. The highest BCUT2D eigenvalue weighted by Gasteiger charge is 2.56. The van der Waals surface area contributed by atoms with E-state index in [9.17, 15) is 24.3 Å². The molecule has 0 saturated carbocycles. The third-order valence-electron chi connectivity index (χ3n) is 9.28. The monoisotopic (exact) mass is 586 g/mol. The number of fused-ring (bicyclic) bond motifs is 3. The lowest BCUT2D eigenvalue weighted by Crippen LogP contribution is -2.40. The van der Waals surface area contributed by atoms with Crippen LogP contribution in [0.4, 0.5) is 17.1 Å². The summed E-state index contributed by atoms with van der Waals surface area (Å²) in [7, 11) is 1.48. The van der Waals surface area contributed by atoms with E-state index in [1.54, 1.807) is 25.1 Å². The second-order valence-corrected chi connectivity index (χ2v) is 11.7. The summed E-state index contributed by atoms with van der Waals surface area (Å²) in [6.07, 6.45) is 3.86. The molecular formula is C36H30N2O6. The summed E-state index contributed by atoms with van der Waals surface area (Å²) in [6.45, 7) is 1.63. The molecular weight excluding hydrogens is 556 g/mol. The zero-order chi connectivity index (χ0) is 30.7. The Hall–Kier alpha value is -5.24. The van der Waals surface area contributed by atoms with E-state index in [4.69, 9.17) is 4.74 Å². The van der Waals surface area contributed by atoms with Gasteiger partial charge in [-0.15, -0.1) is 0 Å². The van der Waals surface area contributed by atoms with E-state index < -0.39 is 23.7 Å². The van der Waals surface area contributed by atoms with E-state index in [1.807, 2.05) is 48.5 Å². The van der Waals surface area contributed by atoms with Crippen LogP contribution in [-0.4, -0.2) is 35.6 Å². The Morgan fingerprint density at radius 1 is 0.886 bits per heavy atom. The Morgan fingerprint density at radius 2 is 1.61 bits per heavy atom. The fourth-order valence-electron chi connectivity index (χ4n) is 7.29. The topological polar surface area (TPSA) is 113 Å². The largest absolute Gasteiger partial charge is 0.508 e. The molecule has 0 unspecified atom stereocenters. The number of anilines is 3. The van der Waals surface area contributed by atoms with Crippen molar-refractivity contribution >= 4 is 40.4 Å². The highest BCUT2D eigenvalue weighted by atomic mass is 16.5. The molecule has 3 aromatic rings. The molecule has 1 heterocycles. The maximum absolute atomic E-state index is 14.2. The standard InChI is InChI=1S/C36H30N2O6/c1-19-16-29(40)28-18-27-24(31(33(28)34(19)41)25-13-12-23(39)17-30(25)44-2)14-15-26-32(27)36(43)38(35(26)42)22-10-8-21(9-11-22)37-20-6-4-3-5-7-20/h3-14,16-17,26-27,31-32,37,39H,15,18H2,1-2H3/t26-,27+,31+,32-/m0/s1. The number of phenolic OH excluding ortho intramolecular Hbond substituents is 1. The van der Waals surface area contributed by atoms with E-state index >= 15 is 0 Å². The number of para-hydroxylation sites is 1. The molecule has 4 aliphatic rings. The second kappa shape index (κ2) is 10.5. The van der Waals surface area contributed by atoms with Crippen LogP contribution in [0.1, 0.15) is 31.2 Å². The van der Waals surface area contributed by atoms with Crippen LogP contribution in [0.2, 0.25) is 0 Å². The molecule has 8 heteroatoms. The Balaban J connectivity index is 1.27. The van der Waals surface area contributed by atoms with Gasteiger partial charge in [-0.3, -0.25) is 24.1 Å². The van der Waals surface area contributed by atoms with Crippen LogP contribution in [0.15, 0.2) is 107 Å². The number of carbonyl (C=O) groups excluding carboxylic acids is 4. The fourth-order valence-corrected chi connectivity index (χ4v) is 7.29. The number of methoxy groups -OCH3 is 1. The first-order chi connectivity index (χ1) is 21.3. The maximum Gasteiger partial charge on any atom is 0.238 e. The van der Waals surface area contributed by atoms with Crippen LogP contribution in [0.3, 0.4) is 0 Å². The Labute approximate surface area is 254 Å². The zero-order valence-electron chi connectivity index (χ0n) is 24.2. The number of Topliss-reactive ketones (excluding diaryl/α,β-unsaturated/α-hetero) is 1. The van der Waals surface area contributed by atoms with Gasteiger partial charge < -0.3 is 15.2 Å². The zero-order valence-corrected chi connectivity index (χ0v) is 24.2. The number of ketones is 2. The van der Waals surface area contributed by atoms with Gasteiger partial charge in [0.05, 0.1) is 24.6 Å². The van der Waals surface area contributed by atoms with Crippen molar-refractivity contribution in [2.45, 2.75) is 25.7 Å². The lowest BCUT2D eigenvalue weighted by Gasteiger charge is -2.42. The molecule has 0 bridgehead atoms. The van der Waals surface area contributed by atoms with Crippen molar-refractivity contribution in [1.29, 1.82) is 0 Å². The summed E-state index contributed by atoms with van der Waals surface area (Å²) in [5, 5.41) is 13.5. The molecule has 8 nitrogen and oxygen atoms in total. The molecule has 1 aliphatic heterocycles. The number of nitrogens with one attached hydrogen (secondary N) is 1. The van der Waals surface area contributed by atoms with Crippen molar-refractivity contribution in [3.8, 4) is 11.5 Å². The van der Waals surface area contributed by atoms with Crippen LogP contribution in [-0.2, 0) is 19.2 Å². The minimum atomic E-state index is -0.681. The number of ether oxygens (including phenoxy) is 1. The summed E-state index contributed by atoms with van der Waals surface area (Å²) in [5.74, 6) is -3.03. The van der Waals surface area contributed by atoms with Gasteiger partial charge >= 0.3 is 0 Å². The summed E-state index contributed by atoms with van der Waals surface area (Å²) < 4.78 is 5.62. The summed E-state index contributed by atoms with van der Waals surface area (Å²) in [6, 6.07) is 21.6. The van der Waals surface area contributed by atoms with Crippen LogP contribution < -0.4 is 15.0 Å². The minimum absolute atomic E-state index is 0.00386. The average molecular weight is 587 g/mol. The van der Waals surface area contributed by atoms with Crippen molar-refractivity contribution in [2.75, 3.05) is 17.3 Å². The lowest BCUT2D eigenvalue weighted by molar-refractivity contribution is -0.123. The van der Waals surface area contributed by atoms with Gasteiger partial charge in [-0.1, -0.05) is 35.9 Å². The number of nitrogens with zero attached hydrogens (tertiary/aromatic N) is 1. The first kappa shape index (κ1) is 27.6. The van der Waals surface area contributed by atoms with Gasteiger partial charge in [0.15, 0.2) is 11.6 Å². The van der Waals surface area contributed by atoms with Crippen LogP contribution >= 0.6 is 0 Å². The van der Waals surface area contributed by atoms with E-state index in [0.717, 1.165) is 16.9 Å². The molecule has 1 saturated heterocycles. The molecule has 3 aromatic carbocycles. The van der Waals surface area contributed by atoms with Crippen molar-refractivity contribution in [2.24, 2.45) is 17.8 Å². The predicted octanol–water partition coefficient (Wildman–Crippen LogP) is 5.78. The fraction of sp³-hybridized carbons (Fsp3) is 0.222. The number of hydrogen-bond donors (Lipinski definition) is 2. The number of imide groups is 1. The number of allylic oxidation sites excluding steroid dienone is 6. The number of hydrogen-bond acceptors (Lipinski definition) is 7. The van der Waals surface area contributed by atoms with Crippen molar-refractivity contribution in [1.82, 2.24) is 0 Å². The van der Waals surface area contributed by atoms with Crippen molar-refractivity contribution in [3.05, 3.63) is 113 Å². The van der Waals surface area contributed by atoms with Gasteiger partial charge in [-0.25, -0.2) is 0 Å². The Kier molecular flexibility index (Phi) is 6.57. The number of amides is 2. The number of phenols is 1. The van der Waals surface area contributed by atoms with E-state index in [1.165, 1.54) is 30.2 Å². The second-order valence-electron chi connectivity index (χ2n) is 11.7. The molecule has 2 N–H and O–H groups in total. The van der Waals surface area contributed by atoms with Gasteiger partial charge in [0.2, 0.25) is 11.8 Å². The molecule has 7 rings (SSSR count). The predicted molar refractivity (Wildman–Crippen MR) is 165 cm³/mol. The van der Waals surface area contributed by atoms with Gasteiger partial charge in [0.1, 0.15) is 11.5 Å². The van der Waals surface area contributed by atoms with E-state index in [2.05, 4.69) is 5.32 Å². The van der Waals surface area contributed by atoms with Crippen LogP contribution in [0, 0.1) is 17.8 Å². The molecule has 3 aliphatic carbocycles. The van der Waals surface area contributed by atoms with Gasteiger partial charge in [-0.05, 0) is 74.2 Å². The maximum atomic E-state index is 14.2. The highest BCUT2D eigenvalue weighted by molar-refractivity contribution is 6.25. The van der Waals surface area contributed by atoms with Crippen molar-refractivity contribution in [3.63, 3.8) is 0 Å². The number of benzene rings is 3. The highest BCUT2D eigenvalue weighted by Crippen LogP contribution is 2.56. The molecule has 0 spiro atoms. The molecule has 1 fully saturated rings. The molecule has 2 amide bonds. The van der Waals surface area contributed by atoms with Crippen molar-refractivity contribution < 1.29 is 29.0 Å². The van der Waals surface area contributed by atoms with E-state index in [-0.39, 0.29) is 35.6 Å². The number of aromatic hydroxyl groups is 1. The van der Waals surface area contributed by atoms with E-state index in [0.29, 0.717) is 40.1 Å². The van der Waals surface area contributed by atoms with Gasteiger partial charge in [-0.2, -0.15) is 0 Å². The summed E-state index contributed by atoms with van der Waals surface area (Å²) >= 11 is 0. The lowest BCUT2D eigenvalue weighted by atomic mass is 9.59. The summed E-state index contributed by atoms with van der Waals surface area (Å²) in [5.41, 5.74) is 4.80. The summed E-state index contributed by atoms with van der Waals surface area (Å²) in [4.78, 5) is 56.3. The number of rotatable bonds is 5. The molecule has 0 radical (unpaired) electrons. The minimum Gasteiger partial charge on any atom is -0.508 e. The first-order valence-electron chi connectivity index (χ1n) is 14.6. The SMILES string of the molecule is COc1cc(O)ccc1[C@H]1C2=CC[C@@H]3C(=O)N(c4ccc(Nc5ccccc5)cc4)C(=O)[C@@H]3[C@@H]2CC2=C1C(=O)C(C)=CC2=O. The quantitative estimate of drug-likeness (QED) is 0.221. The smallest absolute Gasteiger partial charge is 0.238 e. The van der Waals surface area contributed by atoms with Crippen LogP contribution in [0.25, 0.3) is 0 Å². The third kappa shape index (κ3) is 4.28. The number of carbonyl (C=O) groups is 4. The third-order valence-corrected chi connectivity index (χ3v) is 9.28. The average Bonchev–Trinajstić information content (AvgIpc) is 3.29.